The van der Waals surface area contributed by atoms with Crippen molar-refractivity contribution < 1.29 is 28.6 Å². The Balaban J connectivity index is 4.29. The van der Waals surface area contributed by atoms with E-state index < -0.39 is 6.10 Å². The van der Waals surface area contributed by atoms with Crippen LogP contribution in [-0.4, -0.2) is 37.2 Å². The van der Waals surface area contributed by atoms with Crippen LogP contribution in [0.2, 0.25) is 0 Å². The molecule has 0 bridgehead atoms. The highest BCUT2D eigenvalue weighted by molar-refractivity contribution is 5.71. The van der Waals surface area contributed by atoms with E-state index in [9.17, 15) is 14.4 Å². The van der Waals surface area contributed by atoms with Crippen LogP contribution in [0.3, 0.4) is 0 Å². The molecule has 450 valence electrons. The van der Waals surface area contributed by atoms with Gasteiger partial charge in [-0.2, -0.15) is 0 Å². The summed E-state index contributed by atoms with van der Waals surface area (Å²) in [5.74, 6) is -0.917. The second-order valence-electron chi connectivity index (χ2n) is 21.6. The summed E-state index contributed by atoms with van der Waals surface area (Å²) in [6, 6.07) is 0. The third kappa shape index (κ3) is 64.5. The van der Waals surface area contributed by atoms with Crippen LogP contribution in [0.5, 0.6) is 0 Å². The first-order valence-electron chi connectivity index (χ1n) is 33.0. The lowest BCUT2D eigenvalue weighted by Gasteiger charge is -2.18. The number of ether oxygens (including phenoxy) is 3. The number of carbonyl (C=O) groups is 3. The number of carbonyl (C=O) groups excluding carboxylic acids is 3. The van der Waals surface area contributed by atoms with Crippen LogP contribution in [0.25, 0.3) is 0 Å². The number of esters is 3. The van der Waals surface area contributed by atoms with Gasteiger partial charge in [-0.05, 0) is 109 Å². The van der Waals surface area contributed by atoms with Gasteiger partial charge in [-0.3, -0.25) is 14.4 Å². The zero-order valence-electron chi connectivity index (χ0n) is 51.6. The topological polar surface area (TPSA) is 78.9 Å². The van der Waals surface area contributed by atoms with Gasteiger partial charge < -0.3 is 14.2 Å². The molecule has 0 saturated heterocycles. The van der Waals surface area contributed by atoms with Crippen LogP contribution >= 0.6 is 0 Å². The van der Waals surface area contributed by atoms with Crippen molar-refractivity contribution in [3.05, 3.63) is 122 Å². The van der Waals surface area contributed by atoms with Crippen LogP contribution in [0.1, 0.15) is 303 Å². The lowest BCUT2D eigenvalue weighted by atomic mass is 10.0. The van der Waals surface area contributed by atoms with Crippen molar-refractivity contribution >= 4 is 17.9 Å². The minimum Gasteiger partial charge on any atom is -0.462 e. The van der Waals surface area contributed by atoms with E-state index in [4.69, 9.17) is 14.2 Å². The van der Waals surface area contributed by atoms with E-state index in [2.05, 4.69) is 142 Å². The summed E-state index contributed by atoms with van der Waals surface area (Å²) < 4.78 is 16.9. The maximum Gasteiger partial charge on any atom is 0.306 e. The Kier molecular flexibility index (Phi) is 62.8. The van der Waals surface area contributed by atoms with Gasteiger partial charge in [0.05, 0.1) is 0 Å². The summed E-state index contributed by atoms with van der Waals surface area (Å²) in [5, 5.41) is 0. The summed E-state index contributed by atoms with van der Waals surface area (Å²) in [6.45, 7) is 6.40. The molecule has 0 aromatic rings. The summed E-state index contributed by atoms with van der Waals surface area (Å²) >= 11 is 0. The van der Waals surface area contributed by atoms with Gasteiger partial charge in [-0.15, -0.1) is 0 Å². The van der Waals surface area contributed by atoms with Crippen LogP contribution < -0.4 is 0 Å². The number of unbranched alkanes of at least 4 members (excludes halogenated alkanes) is 28. The van der Waals surface area contributed by atoms with Crippen molar-refractivity contribution in [1.82, 2.24) is 0 Å². The van der Waals surface area contributed by atoms with Gasteiger partial charge >= 0.3 is 17.9 Å². The second-order valence-corrected chi connectivity index (χ2v) is 21.6. The smallest absolute Gasteiger partial charge is 0.306 e. The van der Waals surface area contributed by atoms with E-state index >= 15 is 0 Å². The molecule has 0 aliphatic carbocycles. The van der Waals surface area contributed by atoms with Gasteiger partial charge in [0.25, 0.3) is 0 Å². The lowest BCUT2D eigenvalue weighted by molar-refractivity contribution is -0.167. The zero-order chi connectivity index (χ0) is 57.1. The second kappa shape index (κ2) is 66.3. The molecule has 0 heterocycles. The summed E-state index contributed by atoms with van der Waals surface area (Å²) in [5.41, 5.74) is 0. The summed E-state index contributed by atoms with van der Waals surface area (Å²) in [7, 11) is 0. The molecule has 0 fully saturated rings. The number of rotatable bonds is 59. The number of hydrogen-bond donors (Lipinski definition) is 0. The molecule has 6 heteroatoms. The normalized spacial score (nSPS) is 12.9. The number of allylic oxidation sites excluding steroid dienone is 20. The van der Waals surface area contributed by atoms with Crippen LogP contribution in [-0.2, 0) is 28.6 Å². The SMILES string of the molecule is CC/C=C\C/C=C\C/C=C\C/C=C\C/C=C\C/C=C\C/C=C\CCCCCCCCCCCC(=O)OCC(COC(=O)CCCCC/C=C\C/C=C\C/C=C\CC)OC(=O)CCCCCCCCCCCCCCCCCCC. The molecule has 0 aliphatic heterocycles. The molecule has 6 nitrogen and oxygen atoms in total. The fourth-order valence-corrected chi connectivity index (χ4v) is 9.09. The Bertz CT molecular complexity index is 1640. The first-order valence-corrected chi connectivity index (χ1v) is 33.0. The predicted octanol–water partition coefficient (Wildman–Crippen LogP) is 22.8. The first kappa shape index (κ1) is 74.8. The van der Waals surface area contributed by atoms with Crippen LogP contribution in [0.4, 0.5) is 0 Å². The highest BCUT2D eigenvalue weighted by atomic mass is 16.6. The average Bonchev–Trinajstić information content (AvgIpc) is 3.45. The van der Waals surface area contributed by atoms with Crippen molar-refractivity contribution in [2.45, 2.75) is 309 Å². The third-order valence-corrected chi connectivity index (χ3v) is 14.0. The van der Waals surface area contributed by atoms with Gasteiger partial charge in [0.2, 0.25) is 0 Å². The van der Waals surface area contributed by atoms with Crippen LogP contribution in [0.15, 0.2) is 122 Å². The van der Waals surface area contributed by atoms with Gasteiger partial charge in [0, 0.05) is 19.3 Å². The fraction of sp³-hybridized carbons (Fsp3) is 0.685. The molecule has 0 rings (SSSR count). The van der Waals surface area contributed by atoms with Crippen molar-refractivity contribution in [3.8, 4) is 0 Å². The standard InChI is InChI=1S/C73H122O6/c1-4-7-10-13-16-19-22-25-27-29-30-31-32-33-34-35-36-37-38-39-40-41-42-44-45-48-51-54-57-60-63-66-72(75)78-69-70(68-77-71(74)65-62-59-56-53-50-47-24-21-18-15-12-9-6-3)79-73(76)67-64-61-58-55-52-49-46-43-28-26-23-20-17-14-11-8-5-2/h7,9-10,12,16,18-19,21,25,27,30-31,33-34,36-37,39-40,47,50,70H,4-6,8,11,13-15,17,20,22-24,26,28-29,32,35,38,41-46,48-49,51-69H2,1-3H3/b10-7-,12-9-,19-16-,21-18-,27-25-,31-30-,34-33-,37-36-,40-39-,50-47-. The molecular formula is C73H122O6. The van der Waals surface area contributed by atoms with E-state index in [1.54, 1.807) is 0 Å². The lowest BCUT2D eigenvalue weighted by Crippen LogP contribution is -2.30. The molecule has 0 aromatic carbocycles. The molecular weight excluding hydrogens is 973 g/mol. The van der Waals surface area contributed by atoms with E-state index in [0.717, 1.165) is 135 Å². The molecule has 79 heavy (non-hydrogen) atoms. The Morgan fingerprint density at radius 1 is 0.266 bits per heavy atom. The first-order chi connectivity index (χ1) is 39.0. The van der Waals surface area contributed by atoms with Crippen molar-refractivity contribution in [1.29, 1.82) is 0 Å². The molecule has 1 atom stereocenters. The zero-order valence-corrected chi connectivity index (χ0v) is 51.6. The quantitative estimate of drug-likeness (QED) is 0.0261. The van der Waals surface area contributed by atoms with E-state index in [1.165, 1.54) is 128 Å². The fourth-order valence-electron chi connectivity index (χ4n) is 9.09. The van der Waals surface area contributed by atoms with Gasteiger partial charge in [-0.25, -0.2) is 0 Å². The molecule has 0 amide bonds. The Morgan fingerprint density at radius 2 is 0.494 bits per heavy atom. The minimum atomic E-state index is -0.794. The van der Waals surface area contributed by atoms with Crippen molar-refractivity contribution in [2.24, 2.45) is 0 Å². The van der Waals surface area contributed by atoms with Gasteiger partial charge in [0.15, 0.2) is 6.10 Å². The molecule has 0 spiro atoms. The Morgan fingerprint density at radius 3 is 0.785 bits per heavy atom. The Hall–Kier alpha value is -4.19. The molecule has 1 unspecified atom stereocenters. The molecule has 0 aromatic heterocycles. The van der Waals surface area contributed by atoms with E-state index in [0.29, 0.717) is 19.3 Å². The minimum absolute atomic E-state index is 0.0901. The maximum atomic E-state index is 12.9. The molecule has 0 aliphatic rings. The maximum absolute atomic E-state index is 12.9. The summed E-state index contributed by atoms with van der Waals surface area (Å²) in [6.07, 6.45) is 92.1. The van der Waals surface area contributed by atoms with Crippen LogP contribution in [0, 0.1) is 0 Å². The van der Waals surface area contributed by atoms with Gasteiger partial charge in [-0.1, -0.05) is 296 Å². The van der Waals surface area contributed by atoms with Crippen molar-refractivity contribution in [3.63, 3.8) is 0 Å². The number of hydrogen-bond acceptors (Lipinski definition) is 6. The monoisotopic (exact) mass is 1090 g/mol. The predicted molar refractivity (Wildman–Crippen MR) is 343 cm³/mol. The summed E-state index contributed by atoms with van der Waals surface area (Å²) in [4.78, 5) is 38.3. The molecule has 0 N–H and O–H groups in total. The highest BCUT2D eigenvalue weighted by Crippen LogP contribution is 2.16. The third-order valence-electron chi connectivity index (χ3n) is 14.0. The van der Waals surface area contributed by atoms with E-state index in [-0.39, 0.29) is 31.1 Å². The van der Waals surface area contributed by atoms with Crippen molar-refractivity contribution in [2.75, 3.05) is 13.2 Å². The molecule has 0 saturated carbocycles. The Labute approximate surface area is 488 Å². The average molecular weight is 1100 g/mol. The van der Waals surface area contributed by atoms with Gasteiger partial charge in [0.1, 0.15) is 13.2 Å². The van der Waals surface area contributed by atoms with E-state index in [1.807, 2.05) is 0 Å². The highest BCUT2D eigenvalue weighted by Gasteiger charge is 2.19. The largest absolute Gasteiger partial charge is 0.462 e. The molecule has 0 radical (unpaired) electrons.